The zero-order valence-corrected chi connectivity index (χ0v) is 14.7. The largest absolute Gasteiger partial charge is 0.322 e. The number of carbonyl (C=O) groups excluding carboxylic acids is 1. The van der Waals surface area contributed by atoms with Crippen molar-refractivity contribution in [2.45, 2.75) is 0 Å². The van der Waals surface area contributed by atoms with Gasteiger partial charge in [-0.3, -0.25) is 9.48 Å². The van der Waals surface area contributed by atoms with E-state index in [4.69, 9.17) is 11.6 Å². The fraction of sp³-hybridized carbons (Fsp3) is 0.0588. The zero-order valence-electron chi connectivity index (χ0n) is 13.1. The van der Waals surface area contributed by atoms with Crippen LogP contribution in [0.15, 0.2) is 48.8 Å². The van der Waals surface area contributed by atoms with Gasteiger partial charge in [-0.05, 0) is 30.3 Å². The number of amides is 1. The fourth-order valence-electron chi connectivity index (χ4n) is 2.42. The monoisotopic (exact) mass is 369 g/mol. The van der Waals surface area contributed by atoms with E-state index in [9.17, 15) is 4.79 Å². The summed E-state index contributed by atoms with van der Waals surface area (Å²) in [6.45, 7) is 0. The first kappa shape index (κ1) is 15.7. The highest BCUT2D eigenvalue weighted by Crippen LogP contribution is 2.28. The molecule has 0 unspecified atom stereocenters. The van der Waals surface area contributed by atoms with Gasteiger partial charge in [-0.2, -0.15) is 5.10 Å². The van der Waals surface area contributed by atoms with Gasteiger partial charge in [0.2, 0.25) is 0 Å². The molecule has 0 aliphatic rings. The van der Waals surface area contributed by atoms with E-state index in [1.54, 1.807) is 23.1 Å². The molecule has 0 aliphatic carbocycles. The van der Waals surface area contributed by atoms with Crippen LogP contribution in [0.1, 0.15) is 10.4 Å². The smallest absolute Gasteiger partial charge is 0.255 e. The van der Waals surface area contributed by atoms with Gasteiger partial charge >= 0.3 is 0 Å². The minimum atomic E-state index is -0.185. The molecule has 0 fully saturated rings. The van der Waals surface area contributed by atoms with Crippen LogP contribution in [0.3, 0.4) is 0 Å². The summed E-state index contributed by atoms with van der Waals surface area (Å²) in [7, 11) is 1.81. The molecule has 0 radical (unpaired) electrons. The molecule has 124 valence electrons. The van der Waals surface area contributed by atoms with Crippen molar-refractivity contribution in [3.63, 3.8) is 0 Å². The van der Waals surface area contributed by atoms with Crippen LogP contribution < -0.4 is 5.32 Å². The molecular weight excluding hydrogens is 358 g/mol. The van der Waals surface area contributed by atoms with Gasteiger partial charge in [0.1, 0.15) is 6.33 Å². The van der Waals surface area contributed by atoms with E-state index in [2.05, 4.69) is 20.4 Å². The number of aryl methyl sites for hydroxylation is 1. The van der Waals surface area contributed by atoms with Crippen LogP contribution in [0, 0.1) is 0 Å². The first-order valence-corrected chi connectivity index (χ1v) is 8.61. The predicted octanol–water partition coefficient (Wildman–Crippen LogP) is 4.00. The molecule has 0 spiro atoms. The highest BCUT2D eigenvalue weighted by molar-refractivity contribution is 7.22. The molecule has 0 aliphatic heterocycles. The van der Waals surface area contributed by atoms with Crippen molar-refractivity contribution in [1.82, 2.24) is 19.7 Å². The summed E-state index contributed by atoms with van der Waals surface area (Å²) >= 11 is 7.29. The molecule has 0 saturated carbocycles. The lowest BCUT2D eigenvalue weighted by Gasteiger charge is -2.05. The molecule has 2 heterocycles. The maximum atomic E-state index is 12.4. The normalized spacial score (nSPS) is 11.0. The average Bonchev–Trinajstić information content (AvgIpc) is 3.19. The molecule has 1 N–H and O–H groups in total. The van der Waals surface area contributed by atoms with Gasteiger partial charge < -0.3 is 5.32 Å². The van der Waals surface area contributed by atoms with Crippen molar-refractivity contribution < 1.29 is 4.79 Å². The molecule has 0 atom stereocenters. The number of fused-ring (bicyclic) bond motifs is 1. The number of carbonyl (C=O) groups is 1. The van der Waals surface area contributed by atoms with Crippen LogP contribution in [-0.2, 0) is 7.05 Å². The van der Waals surface area contributed by atoms with Crippen LogP contribution in [-0.4, -0.2) is 25.7 Å². The lowest BCUT2D eigenvalue weighted by molar-refractivity contribution is 0.102. The minimum absolute atomic E-state index is 0.185. The molecule has 1 amide bonds. The quantitative estimate of drug-likeness (QED) is 0.592. The number of benzene rings is 2. The zero-order chi connectivity index (χ0) is 17.4. The molecule has 2 aromatic carbocycles. The number of aromatic nitrogens is 4. The fourth-order valence-corrected chi connectivity index (χ4v) is 3.49. The van der Waals surface area contributed by atoms with Gasteiger partial charge in [-0.15, -0.1) is 11.3 Å². The third-order valence-electron chi connectivity index (χ3n) is 3.63. The topological polar surface area (TPSA) is 72.7 Å². The van der Waals surface area contributed by atoms with E-state index in [0.29, 0.717) is 21.5 Å². The molecule has 6 nitrogen and oxygen atoms in total. The van der Waals surface area contributed by atoms with Crippen molar-refractivity contribution in [2.75, 3.05) is 5.32 Å². The summed E-state index contributed by atoms with van der Waals surface area (Å²) in [5.74, 6) is 0.442. The van der Waals surface area contributed by atoms with Crippen molar-refractivity contribution in [1.29, 1.82) is 0 Å². The van der Waals surface area contributed by atoms with Gasteiger partial charge in [-0.1, -0.05) is 23.7 Å². The van der Waals surface area contributed by atoms with Gasteiger partial charge in [0.05, 0.1) is 10.2 Å². The maximum absolute atomic E-state index is 12.4. The number of thiazole rings is 1. The lowest BCUT2D eigenvalue weighted by atomic mass is 10.1. The van der Waals surface area contributed by atoms with Crippen molar-refractivity contribution in [2.24, 2.45) is 7.05 Å². The van der Waals surface area contributed by atoms with Gasteiger partial charge in [0.25, 0.3) is 5.91 Å². The summed E-state index contributed by atoms with van der Waals surface area (Å²) in [6.07, 6.45) is 1.64. The van der Waals surface area contributed by atoms with Crippen molar-refractivity contribution >= 4 is 44.7 Å². The summed E-state index contributed by atoms with van der Waals surface area (Å²) in [5, 5.41) is 7.13. The number of halogens is 1. The van der Waals surface area contributed by atoms with E-state index >= 15 is 0 Å². The van der Waals surface area contributed by atoms with Crippen LogP contribution >= 0.6 is 22.9 Å². The maximum Gasteiger partial charge on any atom is 0.255 e. The first-order chi connectivity index (χ1) is 12.1. The third kappa shape index (κ3) is 3.24. The Morgan fingerprint density at radius 3 is 2.72 bits per heavy atom. The van der Waals surface area contributed by atoms with E-state index in [1.165, 1.54) is 11.3 Å². The van der Waals surface area contributed by atoms with Crippen LogP contribution in [0.2, 0.25) is 4.47 Å². The van der Waals surface area contributed by atoms with Crippen LogP contribution in [0.25, 0.3) is 21.6 Å². The average molecular weight is 370 g/mol. The Bertz CT molecular complexity index is 1070. The third-order valence-corrected chi connectivity index (χ3v) is 4.75. The number of hydrogen-bond donors (Lipinski definition) is 1. The van der Waals surface area contributed by atoms with Gasteiger partial charge in [-0.25, -0.2) is 9.97 Å². The number of rotatable bonds is 3. The molecular formula is C17H12ClN5OS. The van der Waals surface area contributed by atoms with Crippen molar-refractivity contribution in [3.8, 4) is 11.4 Å². The summed E-state index contributed by atoms with van der Waals surface area (Å²) in [4.78, 5) is 20.8. The molecule has 4 aromatic rings. The van der Waals surface area contributed by atoms with E-state index < -0.39 is 0 Å². The number of hydrogen-bond acceptors (Lipinski definition) is 5. The SMILES string of the molecule is Cn1cnc(-c2ccc(C(=O)Nc3ccc4nc(Cl)sc4c3)cc2)n1. The Labute approximate surface area is 152 Å². The lowest BCUT2D eigenvalue weighted by Crippen LogP contribution is -2.11. The second-order valence-electron chi connectivity index (χ2n) is 5.42. The Balaban J connectivity index is 1.53. The first-order valence-electron chi connectivity index (χ1n) is 7.42. The summed E-state index contributed by atoms with van der Waals surface area (Å²) < 4.78 is 3.05. The highest BCUT2D eigenvalue weighted by atomic mass is 35.5. The molecule has 0 bridgehead atoms. The Morgan fingerprint density at radius 1 is 1.20 bits per heavy atom. The number of anilines is 1. The minimum Gasteiger partial charge on any atom is -0.322 e. The Morgan fingerprint density at radius 2 is 2.00 bits per heavy atom. The molecule has 0 saturated heterocycles. The Kier molecular flexibility index (Phi) is 3.95. The number of nitrogens with zero attached hydrogens (tertiary/aromatic N) is 4. The molecule has 4 rings (SSSR count). The Hall–Kier alpha value is -2.77. The van der Waals surface area contributed by atoms with Gasteiger partial charge in [0, 0.05) is 23.9 Å². The van der Waals surface area contributed by atoms with Gasteiger partial charge in [0.15, 0.2) is 10.3 Å². The second kappa shape index (κ2) is 6.27. The number of nitrogens with one attached hydrogen (secondary N) is 1. The molecule has 25 heavy (non-hydrogen) atoms. The van der Waals surface area contributed by atoms with Crippen LogP contribution in [0.4, 0.5) is 5.69 Å². The standard InChI is InChI=1S/C17H12ClN5OS/c1-23-9-19-15(22-23)10-2-4-11(5-3-10)16(24)20-12-6-7-13-14(8-12)25-17(18)21-13/h2-9H,1H3,(H,20,24). The second-order valence-corrected chi connectivity index (χ2v) is 7.04. The highest BCUT2D eigenvalue weighted by Gasteiger charge is 2.09. The van der Waals surface area contributed by atoms with E-state index in [1.807, 2.05) is 37.4 Å². The predicted molar refractivity (Wildman–Crippen MR) is 99.0 cm³/mol. The molecule has 8 heteroatoms. The van der Waals surface area contributed by atoms with E-state index in [0.717, 1.165) is 15.8 Å². The van der Waals surface area contributed by atoms with Crippen LogP contribution in [0.5, 0.6) is 0 Å². The van der Waals surface area contributed by atoms with Crippen molar-refractivity contribution in [3.05, 3.63) is 58.8 Å². The molecule has 2 aromatic heterocycles. The van der Waals surface area contributed by atoms with E-state index in [-0.39, 0.29) is 5.91 Å². The summed E-state index contributed by atoms with van der Waals surface area (Å²) in [6, 6.07) is 12.7. The summed E-state index contributed by atoms with van der Waals surface area (Å²) in [5.41, 5.74) is 2.94.